The molecule has 0 saturated carbocycles. The Bertz CT molecular complexity index is 2080. The maximum absolute atomic E-state index is 12.8. The zero-order valence-corrected chi connectivity index (χ0v) is 26.4. The van der Waals surface area contributed by atoms with E-state index in [1.807, 2.05) is 80.7 Å². The number of nitrogens with zero attached hydrogens (tertiary/aromatic N) is 2. The molecule has 216 valence electrons. The van der Waals surface area contributed by atoms with Gasteiger partial charge in [0.15, 0.2) is 5.43 Å². The van der Waals surface area contributed by atoms with Crippen molar-refractivity contribution in [3.8, 4) is 28.3 Å². The van der Waals surface area contributed by atoms with Crippen molar-refractivity contribution in [2.75, 3.05) is 0 Å². The van der Waals surface area contributed by atoms with Gasteiger partial charge in [-0.2, -0.15) is 0 Å². The van der Waals surface area contributed by atoms with Gasteiger partial charge in [0.1, 0.15) is 17.1 Å². The normalized spacial score (nSPS) is 11.8. The Labute approximate surface area is 264 Å². The molecule has 0 saturated heterocycles. The largest absolute Gasteiger partial charge is 0.500 e. The van der Waals surface area contributed by atoms with Crippen LogP contribution < -0.4 is 10.2 Å². The molecule has 7 rings (SSSR count). The van der Waals surface area contributed by atoms with Crippen LogP contribution in [-0.4, -0.2) is 9.97 Å². The van der Waals surface area contributed by atoms with Gasteiger partial charge in [-0.1, -0.05) is 29.8 Å². The molecule has 0 atom stereocenters. The van der Waals surface area contributed by atoms with Gasteiger partial charge in [0.05, 0.1) is 16.7 Å². The Balaban J connectivity index is 0.000000170. The second-order valence-electron chi connectivity index (χ2n) is 10.4. The zero-order valence-electron chi connectivity index (χ0n) is 24.1. The predicted molar refractivity (Wildman–Crippen MR) is 169 cm³/mol. The summed E-state index contributed by atoms with van der Waals surface area (Å²) in [4.78, 5) is 21.6. The third-order valence-corrected chi connectivity index (χ3v) is 7.17. The fourth-order valence-electron chi connectivity index (χ4n) is 4.94. The fourth-order valence-corrected chi connectivity index (χ4v) is 4.94. The molecule has 6 heteroatoms. The molecule has 5 nitrogen and oxygen atoms in total. The van der Waals surface area contributed by atoms with Gasteiger partial charge >= 0.3 is 0 Å². The van der Waals surface area contributed by atoms with Gasteiger partial charge in [0, 0.05) is 39.0 Å². The van der Waals surface area contributed by atoms with E-state index >= 15 is 0 Å². The van der Waals surface area contributed by atoms with Gasteiger partial charge in [-0.3, -0.25) is 9.78 Å². The van der Waals surface area contributed by atoms with Crippen molar-refractivity contribution >= 4 is 21.9 Å². The first-order valence-corrected chi connectivity index (χ1v) is 13.8. The summed E-state index contributed by atoms with van der Waals surface area (Å²) in [5.74, 6) is 1.74. The SMILES string of the molecule is C=CC1=CCc2cc(-c3cc(C)ccn3)ccc2O1.Cc1ccnc(-c2[c-]cc3oc4ccc(C)cc4c(=O)c3c2)c1.[Pt]. The van der Waals surface area contributed by atoms with E-state index in [1.165, 1.54) is 11.1 Å². The fraction of sp³-hybridized carbons (Fsp3) is 0.108. The van der Waals surface area contributed by atoms with E-state index in [4.69, 9.17) is 9.15 Å². The van der Waals surface area contributed by atoms with Crippen LogP contribution in [0, 0.1) is 26.8 Å². The summed E-state index contributed by atoms with van der Waals surface area (Å²) in [5.41, 5.74) is 9.40. The Morgan fingerprint density at radius 3 is 2.26 bits per heavy atom. The number of aryl methyl sites for hydroxylation is 3. The van der Waals surface area contributed by atoms with Gasteiger partial charge in [-0.25, -0.2) is 0 Å². The van der Waals surface area contributed by atoms with Gasteiger partial charge in [0.2, 0.25) is 0 Å². The summed E-state index contributed by atoms with van der Waals surface area (Å²) in [6.45, 7) is 9.78. The van der Waals surface area contributed by atoms with Crippen molar-refractivity contribution in [1.82, 2.24) is 9.97 Å². The second-order valence-corrected chi connectivity index (χ2v) is 10.4. The van der Waals surface area contributed by atoms with Crippen LogP contribution in [-0.2, 0) is 27.5 Å². The van der Waals surface area contributed by atoms with Crippen LogP contribution in [0.15, 0.2) is 119 Å². The van der Waals surface area contributed by atoms with E-state index in [9.17, 15) is 4.79 Å². The van der Waals surface area contributed by atoms with E-state index in [1.54, 1.807) is 18.3 Å². The van der Waals surface area contributed by atoms with Gasteiger partial charge in [-0.05, 0) is 110 Å². The number of rotatable bonds is 3. The van der Waals surface area contributed by atoms with Crippen LogP contribution in [0.5, 0.6) is 5.75 Å². The molecule has 0 amide bonds. The third-order valence-electron chi connectivity index (χ3n) is 7.17. The van der Waals surface area contributed by atoms with E-state index in [2.05, 4.69) is 41.7 Å². The average Bonchev–Trinajstić information content (AvgIpc) is 3.01. The van der Waals surface area contributed by atoms with Crippen LogP contribution in [0.1, 0.15) is 22.3 Å². The van der Waals surface area contributed by atoms with Crippen LogP contribution in [0.3, 0.4) is 0 Å². The Kier molecular flexibility index (Phi) is 8.84. The van der Waals surface area contributed by atoms with Crippen molar-refractivity contribution in [1.29, 1.82) is 0 Å². The minimum atomic E-state index is -0.0205. The van der Waals surface area contributed by atoms with Crippen LogP contribution in [0.4, 0.5) is 0 Å². The van der Waals surface area contributed by atoms with Crippen LogP contribution >= 0.6 is 0 Å². The van der Waals surface area contributed by atoms with Crippen LogP contribution in [0.25, 0.3) is 44.5 Å². The van der Waals surface area contributed by atoms with Crippen LogP contribution in [0.2, 0.25) is 0 Å². The zero-order chi connectivity index (χ0) is 29.2. The second kappa shape index (κ2) is 12.7. The summed E-state index contributed by atoms with van der Waals surface area (Å²) >= 11 is 0. The Morgan fingerprint density at radius 2 is 1.51 bits per heavy atom. The van der Waals surface area contributed by atoms with Crippen molar-refractivity contribution in [3.63, 3.8) is 0 Å². The third kappa shape index (κ3) is 6.43. The molecule has 0 radical (unpaired) electrons. The molecule has 0 N–H and O–H groups in total. The van der Waals surface area contributed by atoms with Crippen molar-refractivity contribution in [2.24, 2.45) is 0 Å². The molecule has 4 heterocycles. The van der Waals surface area contributed by atoms with Crippen molar-refractivity contribution < 1.29 is 30.2 Å². The monoisotopic (exact) mass is 744 g/mol. The molecule has 6 aromatic rings. The molecule has 0 spiro atoms. The maximum Gasteiger partial charge on any atom is 0.182 e. The molecule has 1 aliphatic rings. The summed E-state index contributed by atoms with van der Waals surface area (Å²) in [6.07, 6.45) is 8.25. The Morgan fingerprint density at radius 1 is 0.814 bits per heavy atom. The van der Waals surface area contributed by atoms with E-state index in [0.717, 1.165) is 51.6 Å². The molecule has 1 aliphatic heterocycles. The van der Waals surface area contributed by atoms with Crippen molar-refractivity contribution in [3.05, 3.63) is 148 Å². The summed E-state index contributed by atoms with van der Waals surface area (Å²) in [5, 5.41) is 1.16. The summed E-state index contributed by atoms with van der Waals surface area (Å²) < 4.78 is 11.6. The van der Waals surface area contributed by atoms with E-state index < -0.39 is 0 Å². The molecule has 0 fully saturated rings. The molecule has 0 bridgehead atoms. The standard InChI is InChI=1S/C20H14NO2.C17H15NO.Pt/c1-12-3-5-18-15(9-12)20(22)16-11-14(4-6-19(16)23-18)17-10-13(2)7-8-21-17;1-3-15-6-4-14-11-13(5-7-17(14)19-15)16-10-12(2)8-9-18-16;/h3,5-11H,1-2H3;3,5-11H,1,4H2,2H3;/q-1;;. The number of pyridine rings is 2. The van der Waals surface area contributed by atoms with E-state index in [0.29, 0.717) is 21.9 Å². The number of hydrogen-bond donors (Lipinski definition) is 0. The van der Waals surface area contributed by atoms with Gasteiger partial charge in [-0.15, -0.1) is 23.8 Å². The molecule has 0 unspecified atom stereocenters. The number of fused-ring (bicyclic) bond motifs is 3. The predicted octanol–water partition coefficient (Wildman–Crippen LogP) is 8.48. The van der Waals surface area contributed by atoms with Gasteiger partial charge in [0.25, 0.3) is 0 Å². The first-order valence-electron chi connectivity index (χ1n) is 13.8. The topological polar surface area (TPSA) is 65.2 Å². The minimum absolute atomic E-state index is 0. The summed E-state index contributed by atoms with van der Waals surface area (Å²) in [7, 11) is 0. The number of aromatic nitrogens is 2. The quantitative estimate of drug-likeness (QED) is 0.134. The number of hydrogen-bond acceptors (Lipinski definition) is 5. The van der Waals surface area contributed by atoms with Crippen molar-refractivity contribution in [2.45, 2.75) is 27.2 Å². The molecular formula is C37H29N2O3Pt-. The molecule has 3 aromatic heterocycles. The molecular weight excluding hydrogens is 715 g/mol. The maximum atomic E-state index is 12.8. The number of ether oxygens (including phenoxy) is 1. The smallest absolute Gasteiger partial charge is 0.182 e. The molecule has 0 aliphatic carbocycles. The average molecular weight is 745 g/mol. The summed E-state index contributed by atoms with van der Waals surface area (Å²) in [6, 6.07) is 26.5. The molecule has 3 aromatic carbocycles. The minimum Gasteiger partial charge on any atom is -0.500 e. The molecule has 43 heavy (non-hydrogen) atoms. The van der Waals surface area contributed by atoms with E-state index in [-0.39, 0.29) is 26.5 Å². The first-order chi connectivity index (χ1) is 20.4. The number of benzene rings is 3. The van der Waals surface area contributed by atoms with Gasteiger partial charge < -0.3 is 14.1 Å². The first kappa shape index (κ1) is 29.9. The Hall–Kier alpha value is -4.60. The number of allylic oxidation sites excluding steroid dienone is 2.